The fourth-order valence-corrected chi connectivity index (χ4v) is 2.16. The molecule has 0 radical (unpaired) electrons. The zero-order chi connectivity index (χ0) is 12.3. The first-order valence-electron chi connectivity index (χ1n) is 6.31. The summed E-state index contributed by atoms with van der Waals surface area (Å²) in [6.07, 6.45) is 1.13. The van der Waals surface area contributed by atoms with Gasteiger partial charge in [-0.3, -0.25) is 4.90 Å². The number of hydrogen-bond acceptors (Lipinski definition) is 4. The highest BCUT2D eigenvalue weighted by atomic mass is 16.5. The lowest BCUT2D eigenvalue weighted by atomic mass is 10.2. The van der Waals surface area contributed by atoms with E-state index in [0.717, 1.165) is 44.2 Å². The number of aromatic amines is 1. The van der Waals surface area contributed by atoms with Gasteiger partial charge in [-0.2, -0.15) is 0 Å². The Morgan fingerprint density at radius 1 is 1.59 bits per heavy atom. The van der Waals surface area contributed by atoms with Gasteiger partial charge in [-0.05, 0) is 6.92 Å². The highest BCUT2D eigenvalue weighted by Gasteiger charge is 2.20. The minimum absolute atomic E-state index is 0.175. The van der Waals surface area contributed by atoms with Crippen LogP contribution in [0.1, 0.15) is 24.1 Å². The largest absolute Gasteiger partial charge is 0.374 e. The lowest BCUT2D eigenvalue weighted by Crippen LogP contribution is -2.45. The Bertz CT molecular complexity index is 363. The second-order valence-corrected chi connectivity index (χ2v) is 4.57. The van der Waals surface area contributed by atoms with Gasteiger partial charge < -0.3 is 15.5 Å². The van der Waals surface area contributed by atoms with Crippen LogP contribution in [0, 0.1) is 6.92 Å². The molecule has 2 heterocycles. The summed E-state index contributed by atoms with van der Waals surface area (Å²) in [7, 11) is 0. The first-order chi connectivity index (χ1) is 8.22. The molecule has 17 heavy (non-hydrogen) atoms. The lowest BCUT2D eigenvalue weighted by molar-refractivity contribution is -0.0264. The third-order valence-electron chi connectivity index (χ3n) is 3.23. The van der Waals surface area contributed by atoms with Crippen molar-refractivity contribution in [1.29, 1.82) is 0 Å². The molecule has 0 spiro atoms. The van der Waals surface area contributed by atoms with Crippen molar-refractivity contribution in [2.75, 3.05) is 26.2 Å². The van der Waals surface area contributed by atoms with Gasteiger partial charge in [-0.15, -0.1) is 0 Å². The number of rotatable bonds is 4. The normalized spacial score (nSPS) is 21.9. The van der Waals surface area contributed by atoms with Crippen LogP contribution in [0.4, 0.5) is 0 Å². The van der Waals surface area contributed by atoms with Crippen molar-refractivity contribution in [3.8, 4) is 0 Å². The second-order valence-electron chi connectivity index (χ2n) is 4.57. The molecule has 0 bridgehead atoms. The van der Waals surface area contributed by atoms with E-state index in [4.69, 9.17) is 10.5 Å². The van der Waals surface area contributed by atoms with Gasteiger partial charge in [-0.25, -0.2) is 4.98 Å². The maximum absolute atomic E-state index is 5.64. The average molecular weight is 238 g/mol. The Kier molecular flexibility index (Phi) is 4.15. The molecule has 0 aliphatic carbocycles. The molecule has 0 unspecified atom stereocenters. The van der Waals surface area contributed by atoms with Gasteiger partial charge >= 0.3 is 0 Å². The minimum atomic E-state index is 0.175. The van der Waals surface area contributed by atoms with Crippen molar-refractivity contribution in [3.63, 3.8) is 0 Å². The minimum Gasteiger partial charge on any atom is -0.374 e. The van der Waals surface area contributed by atoms with E-state index in [2.05, 4.69) is 28.7 Å². The Hall–Kier alpha value is -0.910. The molecule has 0 aromatic carbocycles. The summed E-state index contributed by atoms with van der Waals surface area (Å²) in [5, 5.41) is 0. The van der Waals surface area contributed by atoms with Gasteiger partial charge in [-0.1, -0.05) is 6.92 Å². The zero-order valence-electron chi connectivity index (χ0n) is 10.7. The Morgan fingerprint density at radius 2 is 2.41 bits per heavy atom. The molecule has 1 aliphatic heterocycles. The number of nitrogens with zero attached hydrogens (tertiary/aromatic N) is 2. The van der Waals surface area contributed by atoms with E-state index in [1.54, 1.807) is 0 Å². The Morgan fingerprint density at radius 3 is 3.06 bits per heavy atom. The molecule has 0 amide bonds. The highest BCUT2D eigenvalue weighted by Crippen LogP contribution is 2.12. The third-order valence-corrected chi connectivity index (χ3v) is 3.23. The molecule has 1 aromatic rings. The van der Waals surface area contributed by atoms with E-state index in [1.807, 2.05) is 0 Å². The number of ether oxygens (including phenoxy) is 1. The number of morpholine rings is 1. The van der Waals surface area contributed by atoms with Crippen molar-refractivity contribution in [3.05, 3.63) is 17.2 Å². The smallest absolute Gasteiger partial charge is 0.106 e. The topological polar surface area (TPSA) is 67.2 Å². The number of aryl methyl sites for hydroxylation is 2. The number of nitrogens with one attached hydrogen (secondary N) is 1. The Labute approximate surface area is 102 Å². The molecule has 5 nitrogen and oxygen atoms in total. The summed E-state index contributed by atoms with van der Waals surface area (Å²) in [6.45, 7) is 8.32. The molecule has 1 fully saturated rings. The lowest BCUT2D eigenvalue weighted by Gasteiger charge is -2.31. The van der Waals surface area contributed by atoms with E-state index in [1.165, 1.54) is 5.69 Å². The van der Waals surface area contributed by atoms with Gasteiger partial charge in [0.05, 0.1) is 18.4 Å². The standard InChI is InChI=1S/C12H22N4O/c1-3-12-14-9(2)11(15-12)8-16-4-5-17-10(6-13)7-16/h10H,3-8,13H2,1-2H3,(H,14,15)/t10-/m0/s1. The van der Waals surface area contributed by atoms with Crippen LogP contribution in [0.5, 0.6) is 0 Å². The first kappa shape index (κ1) is 12.5. The molecule has 1 aromatic heterocycles. The molecule has 5 heteroatoms. The fraction of sp³-hybridized carbons (Fsp3) is 0.750. The van der Waals surface area contributed by atoms with Gasteiger partial charge in [0.15, 0.2) is 0 Å². The summed E-state index contributed by atoms with van der Waals surface area (Å²) >= 11 is 0. The molecular formula is C12H22N4O. The van der Waals surface area contributed by atoms with Crippen molar-refractivity contribution in [2.45, 2.75) is 32.9 Å². The first-order valence-corrected chi connectivity index (χ1v) is 6.31. The fourth-order valence-electron chi connectivity index (χ4n) is 2.16. The molecule has 1 aliphatic rings. The average Bonchev–Trinajstić information content (AvgIpc) is 2.70. The summed E-state index contributed by atoms with van der Waals surface area (Å²) in [5.74, 6) is 1.07. The molecule has 1 atom stereocenters. The van der Waals surface area contributed by atoms with Crippen LogP contribution in [0.2, 0.25) is 0 Å². The summed E-state index contributed by atoms with van der Waals surface area (Å²) in [5.41, 5.74) is 7.97. The van der Waals surface area contributed by atoms with Crippen LogP contribution in [0.25, 0.3) is 0 Å². The van der Waals surface area contributed by atoms with Crippen molar-refractivity contribution >= 4 is 0 Å². The van der Waals surface area contributed by atoms with Gasteiger partial charge in [0.1, 0.15) is 5.82 Å². The van der Waals surface area contributed by atoms with Crippen molar-refractivity contribution in [2.24, 2.45) is 5.73 Å². The molecule has 3 N–H and O–H groups in total. The molecule has 2 rings (SSSR count). The van der Waals surface area contributed by atoms with E-state index in [9.17, 15) is 0 Å². The van der Waals surface area contributed by atoms with E-state index >= 15 is 0 Å². The molecule has 96 valence electrons. The number of aromatic nitrogens is 2. The maximum atomic E-state index is 5.64. The predicted molar refractivity (Wildman–Crippen MR) is 66.8 cm³/mol. The van der Waals surface area contributed by atoms with Crippen LogP contribution in [-0.2, 0) is 17.7 Å². The van der Waals surface area contributed by atoms with Gasteiger partial charge in [0, 0.05) is 38.3 Å². The van der Waals surface area contributed by atoms with Crippen LogP contribution < -0.4 is 5.73 Å². The zero-order valence-corrected chi connectivity index (χ0v) is 10.7. The van der Waals surface area contributed by atoms with Gasteiger partial charge in [0.2, 0.25) is 0 Å². The molecule has 1 saturated heterocycles. The van der Waals surface area contributed by atoms with E-state index in [-0.39, 0.29) is 6.10 Å². The summed E-state index contributed by atoms with van der Waals surface area (Å²) in [4.78, 5) is 10.3. The quantitative estimate of drug-likeness (QED) is 0.799. The molecule has 0 saturated carbocycles. The third kappa shape index (κ3) is 3.06. The summed E-state index contributed by atoms with van der Waals surface area (Å²) < 4.78 is 5.56. The number of H-pyrrole nitrogens is 1. The summed E-state index contributed by atoms with van der Waals surface area (Å²) in [6, 6.07) is 0. The van der Waals surface area contributed by atoms with Crippen LogP contribution in [0.3, 0.4) is 0 Å². The second kappa shape index (κ2) is 5.62. The number of imidazole rings is 1. The van der Waals surface area contributed by atoms with Gasteiger partial charge in [0.25, 0.3) is 0 Å². The highest BCUT2D eigenvalue weighted by molar-refractivity contribution is 5.13. The van der Waals surface area contributed by atoms with Crippen LogP contribution in [0.15, 0.2) is 0 Å². The van der Waals surface area contributed by atoms with E-state index < -0.39 is 0 Å². The monoisotopic (exact) mass is 238 g/mol. The van der Waals surface area contributed by atoms with Crippen molar-refractivity contribution in [1.82, 2.24) is 14.9 Å². The SMILES string of the molecule is CCc1nc(CN2CCO[C@@H](CN)C2)c(C)[nH]1. The maximum Gasteiger partial charge on any atom is 0.106 e. The van der Waals surface area contributed by atoms with Crippen LogP contribution in [-0.4, -0.2) is 47.2 Å². The predicted octanol–water partition coefficient (Wildman–Crippen LogP) is 0.440. The van der Waals surface area contributed by atoms with E-state index in [0.29, 0.717) is 6.54 Å². The van der Waals surface area contributed by atoms with Crippen LogP contribution >= 0.6 is 0 Å². The number of hydrogen-bond donors (Lipinski definition) is 2. The Balaban J connectivity index is 1.97. The number of nitrogens with two attached hydrogens (primary N) is 1. The van der Waals surface area contributed by atoms with Crippen molar-refractivity contribution < 1.29 is 4.74 Å². The molecular weight excluding hydrogens is 216 g/mol.